The van der Waals surface area contributed by atoms with Gasteiger partial charge in [-0.25, -0.2) is 4.79 Å². The summed E-state index contributed by atoms with van der Waals surface area (Å²) in [4.78, 5) is 22.4. The van der Waals surface area contributed by atoms with Gasteiger partial charge in [0.1, 0.15) is 5.60 Å². The van der Waals surface area contributed by atoms with Crippen LogP contribution < -0.4 is 16.4 Å². The second kappa shape index (κ2) is 7.17. The summed E-state index contributed by atoms with van der Waals surface area (Å²) in [5.74, 6) is -0.571. The van der Waals surface area contributed by atoms with Gasteiger partial charge in [-0.2, -0.15) is 0 Å². The molecule has 0 aromatic heterocycles. The minimum absolute atomic E-state index is 0.272. The number of carbonyl (C=O) groups is 2. The van der Waals surface area contributed by atoms with E-state index in [1.54, 1.807) is 39.0 Å². The lowest BCUT2D eigenvalue weighted by atomic mass is 10.2. The molecule has 0 saturated heterocycles. The first kappa shape index (κ1) is 17.1. The van der Waals surface area contributed by atoms with Crippen LogP contribution in [0.3, 0.4) is 0 Å². The summed E-state index contributed by atoms with van der Waals surface area (Å²) in [6.07, 6.45) is -0.466. The third-order valence-corrected chi connectivity index (χ3v) is 2.67. The van der Waals surface area contributed by atoms with Crippen molar-refractivity contribution in [2.75, 3.05) is 18.4 Å². The molecular weight excluding hydrogens is 294 g/mol. The Kier molecular flexibility index (Phi) is 5.84. The largest absolute Gasteiger partial charge is 0.444 e. The van der Waals surface area contributed by atoms with Gasteiger partial charge in [0, 0.05) is 18.8 Å². The van der Waals surface area contributed by atoms with Crippen molar-refractivity contribution < 1.29 is 14.3 Å². The molecule has 1 aromatic rings. The number of ether oxygens (including phenoxy) is 1. The van der Waals surface area contributed by atoms with Gasteiger partial charge in [-0.1, -0.05) is 11.6 Å². The first-order valence-electron chi connectivity index (χ1n) is 6.49. The summed E-state index contributed by atoms with van der Waals surface area (Å²) in [7, 11) is 0. The van der Waals surface area contributed by atoms with Crippen LogP contribution >= 0.6 is 11.6 Å². The summed E-state index contributed by atoms with van der Waals surface area (Å²) in [5, 5.41) is 5.97. The minimum atomic E-state index is -0.571. The lowest BCUT2D eigenvalue weighted by Gasteiger charge is -2.19. The zero-order valence-electron chi connectivity index (χ0n) is 12.3. The van der Waals surface area contributed by atoms with Crippen molar-refractivity contribution in [2.45, 2.75) is 26.4 Å². The first-order chi connectivity index (χ1) is 9.69. The van der Waals surface area contributed by atoms with E-state index in [1.165, 1.54) is 0 Å². The molecule has 0 fully saturated rings. The minimum Gasteiger partial charge on any atom is -0.444 e. The maximum Gasteiger partial charge on any atom is 0.407 e. The summed E-state index contributed by atoms with van der Waals surface area (Å²) in [6.45, 7) is 6.28. The van der Waals surface area contributed by atoms with Crippen LogP contribution in [-0.4, -0.2) is 30.7 Å². The number of halogens is 1. The van der Waals surface area contributed by atoms with Gasteiger partial charge in [0.25, 0.3) is 0 Å². The average Bonchev–Trinajstić information content (AvgIpc) is 2.32. The number of primary amides is 1. The summed E-state index contributed by atoms with van der Waals surface area (Å²) >= 11 is 5.93. The Morgan fingerprint density at radius 1 is 1.29 bits per heavy atom. The smallest absolute Gasteiger partial charge is 0.407 e. The van der Waals surface area contributed by atoms with Gasteiger partial charge >= 0.3 is 6.09 Å². The number of hydrogen-bond acceptors (Lipinski definition) is 4. The predicted octanol–water partition coefficient (Wildman–Crippen LogP) is 2.38. The number of alkyl carbamates (subject to hydrolysis) is 1. The second-order valence-corrected chi connectivity index (χ2v) is 5.82. The van der Waals surface area contributed by atoms with E-state index < -0.39 is 17.6 Å². The molecule has 21 heavy (non-hydrogen) atoms. The molecule has 6 nitrogen and oxygen atoms in total. The number of benzene rings is 1. The maximum atomic E-state index is 11.4. The van der Waals surface area contributed by atoms with Crippen LogP contribution in [0.2, 0.25) is 5.02 Å². The fraction of sp³-hybridized carbons (Fsp3) is 0.429. The average molecular weight is 314 g/mol. The highest BCUT2D eigenvalue weighted by atomic mass is 35.5. The lowest BCUT2D eigenvalue weighted by Crippen LogP contribution is -2.35. The Labute approximate surface area is 129 Å². The topological polar surface area (TPSA) is 93.4 Å². The van der Waals surface area contributed by atoms with Crippen molar-refractivity contribution in [3.63, 3.8) is 0 Å². The lowest BCUT2D eigenvalue weighted by molar-refractivity contribution is 0.0530. The molecule has 7 heteroatoms. The Bertz CT molecular complexity index is 527. The van der Waals surface area contributed by atoms with Crippen molar-refractivity contribution in [1.29, 1.82) is 0 Å². The van der Waals surface area contributed by atoms with E-state index >= 15 is 0 Å². The molecule has 4 N–H and O–H groups in total. The molecule has 0 bridgehead atoms. The molecule has 1 aromatic carbocycles. The number of hydrogen-bond donors (Lipinski definition) is 3. The number of nitrogens with two attached hydrogens (primary N) is 1. The third-order valence-electron chi connectivity index (χ3n) is 2.36. The maximum absolute atomic E-state index is 11.4. The van der Waals surface area contributed by atoms with Crippen LogP contribution in [0.4, 0.5) is 10.5 Å². The fourth-order valence-corrected chi connectivity index (χ4v) is 1.78. The fourth-order valence-electron chi connectivity index (χ4n) is 1.51. The van der Waals surface area contributed by atoms with Gasteiger partial charge in [-0.05, 0) is 39.0 Å². The Balaban J connectivity index is 2.38. The van der Waals surface area contributed by atoms with Crippen molar-refractivity contribution in [3.05, 3.63) is 28.8 Å². The molecular formula is C14H20ClN3O3. The normalized spacial score (nSPS) is 10.9. The number of carbonyl (C=O) groups excluding carboxylic acids is 2. The van der Waals surface area contributed by atoms with Crippen molar-refractivity contribution >= 4 is 29.3 Å². The monoisotopic (exact) mass is 313 g/mol. The quantitative estimate of drug-likeness (QED) is 0.727. The standard InChI is InChI=1S/C14H20ClN3O3/c1-14(2,3)21-13(20)18-7-6-17-9-4-5-10(12(16)19)11(15)8-9/h4-5,8,17H,6-7H2,1-3H3,(H2,16,19)(H,18,20). The number of nitrogens with one attached hydrogen (secondary N) is 2. The third kappa shape index (κ3) is 6.35. The first-order valence-corrected chi connectivity index (χ1v) is 6.87. The molecule has 0 aliphatic carbocycles. The molecule has 0 unspecified atom stereocenters. The SMILES string of the molecule is CC(C)(C)OC(=O)NCCNc1ccc(C(N)=O)c(Cl)c1. The molecule has 116 valence electrons. The van der Waals surface area contributed by atoms with Crippen LogP contribution in [0.25, 0.3) is 0 Å². The van der Waals surface area contributed by atoms with Crippen LogP contribution in [0, 0.1) is 0 Å². The highest BCUT2D eigenvalue weighted by Crippen LogP contribution is 2.20. The zero-order chi connectivity index (χ0) is 16.0. The van der Waals surface area contributed by atoms with Gasteiger partial charge in [-0.15, -0.1) is 0 Å². The summed E-state index contributed by atoms with van der Waals surface area (Å²) < 4.78 is 5.10. The molecule has 0 aliphatic heterocycles. The molecule has 0 heterocycles. The van der Waals surface area contributed by atoms with Crippen LogP contribution in [0.1, 0.15) is 31.1 Å². The van der Waals surface area contributed by atoms with E-state index in [0.717, 1.165) is 5.69 Å². The predicted molar refractivity (Wildman–Crippen MR) is 82.7 cm³/mol. The molecule has 1 rings (SSSR count). The van der Waals surface area contributed by atoms with Gasteiger partial charge < -0.3 is 21.1 Å². The Morgan fingerprint density at radius 2 is 1.95 bits per heavy atom. The molecule has 0 radical (unpaired) electrons. The van der Waals surface area contributed by atoms with E-state index in [4.69, 9.17) is 22.1 Å². The van der Waals surface area contributed by atoms with Crippen LogP contribution in [0.15, 0.2) is 18.2 Å². The van der Waals surface area contributed by atoms with E-state index in [1.807, 2.05) is 0 Å². The number of amides is 2. The van der Waals surface area contributed by atoms with Crippen molar-refractivity contribution in [3.8, 4) is 0 Å². The molecule has 2 amide bonds. The number of rotatable bonds is 5. The van der Waals surface area contributed by atoms with E-state index in [-0.39, 0.29) is 10.6 Å². The molecule has 0 aliphatic rings. The van der Waals surface area contributed by atoms with Gasteiger partial charge in [0.2, 0.25) is 5.91 Å². The molecule has 0 spiro atoms. The van der Waals surface area contributed by atoms with Crippen molar-refractivity contribution in [2.24, 2.45) is 5.73 Å². The van der Waals surface area contributed by atoms with Crippen LogP contribution in [0.5, 0.6) is 0 Å². The highest BCUT2D eigenvalue weighted by Gasteiger charge is 2.15. The van der Waals surface area contributed by atoms with Gasteiger partial charge in [0.05, 0.1) is 10.6 Å². The summed E-state index contributed by atoms with van der Waals surface area (Å²) in [5.41, 5.74) is 5.65. The zero-order valence-corrected chi connectivity index (χ0v) is 13.1. The second-order valence-electron chi connectivity index (χ2n) is 5.41. The number of anilines is 1. The molecule has 0 atom stereocenters. The Hall–Kier alpha value is -1.95. The summed E-state index contributed by atoms with van der Waals surface area (Å²) in [6, 6.07) is 4.85. The van der Waals surface area contributed by atoms with Gasteiger partial charge in [0.15, 0.2) is 0 Å². The van der Waals surface area contributed by atoms with Crippen LogP contribution in [-0.2, 0) is 4.74 Å². The van der Waals surface area contributed by atoms with E-state index in [9.17, 15) is 9.59 Å². The van der Waals surface area contributed by atoms with Gasteiger partial charge in [-0.3, -0.25) is 4.79 Å². The highest BCUT2D eigenvalue weighted by molar-refractivity contribution is 6.34. The Morgan fingerprint density at radius 3 is 2.48 bits per heavy atom. The van der Waals surface area contributed by atoms with E-state index in [0.29, 0.717) is 13.1 Å². The van der Waals surface area contributed by atoms with E-state index in [2.05, 4.69) is 10.6 Å². The van der Waals surface area contributed by atoms with Crippen molar-refractivity contribution in [1.82, 2.24) is 5.32 Å². The molecule has 0 saturated carbocycles.